The van der Waals surface area contributed by atoms with E-state index in [9.17, 15) is 4.79 Å². The lowest BCUT2D eigenvalue weighted by Gasteiger charge is -2.33. The van der Waals surface area contributed by atoms with Gasteiger partial charge in [-0.2, -0.15) is 0 Å². The van der Waals surface area contributed by atoms with Gasteiger partial charge < -0.3 is 13.7 Å². The SMILES string of the molecule is COC(=O)c1ccc2ccn(Cc3cccc(C(O[SiH](C)C)C(C)(C)C)c3)c2c1C. The Morgan fingerprint density at radius 3 is 2.50 bits per heavy atom. The molecule has 0 aliphatic rings. The van der Waals surface area contributed by atoms with E-state index >= 15 is 0 Å². The number of hydrogen-bond donors (Lipinski definition) is 0. The monoisotopic (exact) mass is 423 g/mol. The number of aromatic nitrogens is 1. The third kappa shape index (κ3) is 4.68. The van der Waals surface area contributed by atoms with E-state index in [-0.39, 0.29) is 17.5 Å². The fraction of sp³-hybridized carbons (Fsp3) is 0.400. The largest absolute Gasteiger partial charge is 0.465 e. The minimum atomic E-state index is -1.18. The first kappa shape index (κ1) is 22.3. The third-order valence-electron chi connectivity index (χ3n) is 5.39. The van der Waals surface area contributed by atoms with Gasteiger partial charge in [0.05, 0.1) is 24.3 Å². The molecule has 1 unspecified atom stereocenters. The quantitative estimate of drug-likeness (QED) is 0.368. The van der Waals surface area contributed by atoms with Gasteiger partial charge in [0.1, 0.15) is 0 Å². The van der Waals surface area contributed by atoms with Crippen molar-refractivity contribution in [1.82, 2.24) is 4.57 Å². The second-order valence-electron chi connectivity index (χ2n) is 9.29. The smallest absolute Gasteiger partial charge is 0.338 e. The maximum Gasteiger partial charge on any atom is 0.338 e. The summed E-state index contributed by atoms with van der Waals surface area (Å²) in [5.41, 5.74) is 5.11. The van der Waals surface area contributed by atoms with E-state index in [1.165, 1.54) is 18.2 Å². The Labute approximate surface area is 181 Å². The predicted molar refractivity (Wildman–Crippen MR) is 126 cm³/mol. The first-order valence-corrected chi connectivity index (χ1v) is 13.3. The van der Waals surface area contributed by atoms with Crippen LogP contribution in [0.3, 0.4) is 0 Å². The van der Waals surface area contributed by atoms with E-state index in [0.717, 1.165) is 23.0 Å². The second-order valence-corrected chi connectivity index (χ2v) is 11.7. The molecular formula is C25H33NO3Si. The van der Waals surface area contributed by atoms with E-state index in [0.29, 0.717) is 5.56 Å². The van der Waals surface area contributed by atoms with Crippen LogP contribution in [0.15, 0.2) is 48.7 Å². The molecule has 0 saturated carbocycles. The first-order chi connectivity index (χ1) is 14.1. The van der Waals surface area contributed by atoms with Crippen LogP contribution < -0.4 is 0 Å². The van der Waals surface area contributed by atoms with Gasteiger partial charge in [-0.15, -0.1) is 0 Å². The average molecular weight is 424 g/mol. The number of ether oxygens (including phenoxy) is 1. The Hall–Kier alpha value is -2.37. The molecule has 5 heteroatoms. The summed E-state index contributed by atoms with van der Waals surface area (Å²) in [4.78, 5) is 12.1. The van der Waals surface area contributed by atoms with Crippen LogP contribution in [0.4, 0.5) is 0 Å². The van der Waals surface area contributed by atoms with Crippen LogP contribution in [0.5, 0.6) is 0 Å². The van der Waals surface area contributed by atoms with Crippen molar-refractivity contribution in [1.29, 1.82) is 0 Å². The van der Waals surface area contributed by atoms with Gasteiger partial charge in [-0.05, 0) is 59.6 Å². The topological polar surface area (TPSA) is 40.5 Å². The molecule has 2 aromatic carbocycles. The Bertz CT molecular complexity index is 1050. The maximum absolute atomic E-state index is 12.1. The highest BCUT2D eigenvalue weighted by Crippen LogP contribution is 2.37. The van der Waals surface area contributed by atoms with Crippen molar-refractivity contribution < 1.29 is 14.0 Å². The molecule has 1 aromatic heterocycles. The van der Waals surface area contributed by atoms with Gasteiger partial charge >= 0.3 is 5.97 Å². The zero-order chi connectivity index (χ0) is 22.1. The van der Waals surface area contributed by atoms with Crippen molar-refractivity contribution in [2.45, 2.75) is 53.4 Å². The Kier molecular flexibility index (Phi) is 6.53. The molecule has 1 atom stereocenters. The highest BCUT2D eigenvalue weighted by molar-refractivity contribution is 6.48. The van der Waals surface area contributed by atoms with Crippen molar-refractivity contribution in [2.75, 3.05) is 7.11 Å². The summed E-state index contributed by atoms with van der Waals surface area (Å²) >= 11 is 0. The summed E-state index contributed by atoms with van der Waals surface area (Å²) in [7, 11) is 0.241. The van der Waals surface area contributed by atoms with E-state index in [4.69, 9.17) is 9.16 Å². The van der Waals surface area contributed by atoms with Crippen molar-refractivity contribution in [3.63, 3.8) is 0 Å². The molecule has 0 N–H and O–H groups in total. The molecule has 3 rings (SSSR count). The van der Waals surface area contributed by atoms with Crippen molar-refractivity contribution in [3.8, 4) is 0 Å². The summed E-state index contributed by atoms with van der Waals surface area (Å²) in [6.45, 7) is 13.9. The molecule has 0 fully saturated rings. The number of carbonyl (C=O) groups is 1. The Morgan fingerprint density at radius 1 is 1.13 bits per heavy atom. The molecule has 30 heavy (non-hydrogen) atoms. The highest BCUT2D eigenvalue weighted by atomic mass is 28.3. The lowest BCUT2D eigenvalue weighted by Crippen LogP contribution is -2.26. The van der Waals surface area contributed by atoms with Crippen LogP contribution in [-0.4, -0.2) is 26.7 Å². The Morgan fingerprint density at radius 2 is 1.87 bits per heavy atom. The highest BCUT2D eigenvalue weighted by Gasteiger charge is 2.28. The van der Waals surface area contributed by atoms with E-state index in [2.05, 4.69) is 75.0 Å². The molecule has 1 heterocycles. The standard InChI is InChI=1S/C25H33NO3Si/c1-17-21(24(27)28-5)12-11-19-13-14-26(22(17)19)16-18-9-8-10-20(15-18)23(25(2,3)4)29-30(6)7/h8-15,23,30H,16H2,1-7H3. The zero-order valence-electron chi connectivity index (χ0n) is 19.2. The van der Waals surface area contributed by atoms with E-state index in [1.807, 2.05) is 19.1 Å². The minimum absolute atomic E-state index is 0.0298. The molecule has 3 aromatic rings. The van der Waals surface area contributed by atoms with Crippen molar-refractivity contribution in [2.24, 2.45) is 5.41 Å². The maximum atomic E-state index is 12.1. The number of carbonyl (C=O) groups excluding carboxylic acids is 1. The van der Waals surface area contributed by atoms with Gasteiger partial charge in [0.15, 0.2) is 9.04 Å². The van der Waals surface area contributed by atoms with Gasteiger partial charge in [0.25, 0.3) is 0 Å². The minimum Gasteiger partial charge on any atom is -0.465 e. The van der Waals surface area contributed by atoms with Gasteiger partial charge in [-0.3, -0.25) is 0 Å². The summed E-state index contributed by atoms with van der Waals surface area (Å²) in [5.74, 6) is -0.299. The molecule has 4 nitrogen and oxygen atoms in total. The molecule has 0 radical (unpaired) electrons. The number of rotatable bonds is 6. The fourth-order valence-electron chi connectivity index (χ4n) is 4.05. The number of fused-ring (bicyclic) bond motifs is 1. The van der Waals surface area contributed by atoms with Gasteiger partial charge in [-0.1, -0.05) is 51.1 Å². The third-order valence-corrected chi connectivity index (χ3v) is 6.21. The number of aryl methyl sites for hydroxylation is 1. The van der Waals surface area contributed by atoms with Crippen LogP contribution in [0.25, 0.3) is 10.9 Å². The summed E-state index contributed by atoms with van der Waals surface area (Å²) < 4.78 is 13.6. The number of hydrogen-bond acceptors (Lipinski definition) is 3. The molecule has 0 spiro atoms. The first-order valence-electron chi connectivity index (χ1n) is 10.5. The zero-order valence-corrected chi connectivity index (χ0v) is 20.3. The van der Waals surface area contributed by atoms with E-state index < -0.39 is 9.04 Å². The number of nitrogens with zero attached hydrogens (tertiary/aromatic N) is 1. The number of methoxy groups -OCH3 is 1. The molecule has 0 bridgehead atoms. The van der Waals surface area contributed by atoms with E-state index in [1.54, 1.807) is 0 Å². The number of benzene rings is 2. The summed E-state index contributed by atoms with van der Waals surface area (Å²) in [6, 6.07) is 14.6. The molecule has 160 valence electrons. The van der Waals surface area contributed by atoms with Crippen LogP contribution in [0, 0.1) is 12.3 Å². The average Bonchev–Trinajstić information content (AvgIpc) is 3.08. The summed E-state index contributed by atoms with van der Waals surface area (Å²) in [5, 5.41) is 1.12. The lowest BCUT2D eigenvalue weighted by atomic mass is 9.84. The van der Waals surface area contributed by atoms with Crippen LogP contribution in [0.2, 0.25) is 13.1 Å². The van der Waals surface area contributed by atoms with Gasteiger partial charge in [0, 0.05) is 12.7 Å². The van der Waals surface area contributed by atoms with Crippen LogP contribution in [-0.2, 0) is 15.7 Å². The second kappa shape index (κ2) is 8.78. The normalized spacial score (nSPS) is 13.1. The van der Waals surface area contributed by atoms with Crippen LogP contribution >= 0.6 is 0 Å². The lowest BCUT2D eigenvalue weighted by molar-refractivity contribution is 0.0600. The molecule has 0 aliphatic heterocycles. The van der Waals surface area contributed by atoms with Gasteiger partial charge in [-0.25, -0.2) is 4.79 Å². The molecule has 0 amide bonds. The summed E-state index contributed by atoms with van der Waals surface area (Å²) in [6.07, 6.45) is 2.17. The molecule has 0 saturated heterocycles. The Balaban J connectivity index is 1.98. The fourth-order valence-corrected chi connectivity index (χ4v) is 5.16. The van der Waals surface area contributed by atoms with Crippen molar-refractivity contribution in [3.05, 3.63) is 70.9 Å². The molecule has 0 aliphatic carbocycles. The number of esters is 1. The van der Waals surface area contributed by atoms with Crippen LogP contribution in [0.1, 0.15) is 53.9 Å². The van der Waals surface area contributed by atoms with Gasteiger partial charge in [0.2, 0.25) is 0 Å². The predicted octanol–water partition coefficient (Wildman–Crippen LogP) is 5.87. The molecular weight excluding hydrogens is 390 g/mol. The van der Waals surface area contributed by atoms with Crippen molar-refractivity contribution >= 4 is 25.9 Å².